The molecule has 1 aromatic carbocycles. The summed E-state index contributed by atoms with van der Waals surface area (Å²) in [5.41, 5.74) is 0.706. The summed E-state index contributed by atoms with van der Waals surface area (Å²) in [4.78, 5) is 7.35. The Morgan fingerprint density at radius 1 is 1.29 bits per heavy atom. The van der Waals surface area contributed by atoms with Gasteiger partial charge in [0, 0.05) is 5.92 Å². The Bertz CT molecular complexity index is 562. The predicted molar refractivity (Wildman–Crippen MR) is 61.8 cm³/mol. The van der Waals surface area contributed by atoms with Gasteiger partial charge in [-0.05, 0) is 30.9 Å². The van der Waals surface area contributed by atoms with Crippen LogP contribution in [0.4, 0.5) is 8.78 Å². The highest BCUT2D eigenvalue weighted by molar-refractivity contribution is 5.75. The Hall–Kier alpha value is -1.45. The summed E-state index contributed by atoms with van der Waals surface area (Å²) >= 11 is 0. The lowest BCUT2D eigenvalue weighted by atomic mass is 9.98. The standard InChI is InChI=1S/C13H14F2N2/c1-7-3-2-4-8(7)13-16-10-6-5-9(14)11(15)12(10)17-13/h5-8H,2-4H2,1H3,(H,16,17). The first kappa shape index (κ1) is 10.7. The molecule has 0 radical (unpaired) electrons. The summed E-state index contributed by atoms with van der Waals surface area (Å²) in [6.45, 7) is 2.18. The zero-order chi connectivity index (χ0) is 12.0. The fourth-order valence-electron chi connectivity index (χ4n) is 2.76. The second-order valence-electron chi connectivity index (χ2n) is 4.89. The third kappa shape index (κ3) is 1.63. The van der Waals surface area contributed by atoms with E-state index in [1.165, 1.54) is 12.8 Å². The lowest BCUT2D eigenvalue weighted by Gasteiger charge is -2.11. The van der Waals surface area contributed by atoms with E-state index < -0.39 is 11.6 Å². The van der Waals surface area contributed by atoms with Gasteiger partial charge in [0.15, 0.2) is 11.6 Å². The lowest BCUT2D eigenvalue weighted by molar-refractivity contribution is 0.509. The molecule has 17 heavy (non-hydrogen) atoms. The van der Waals surface area contributed by atoms with Gasteiger partial charge in [0.05, 0.1) is 5.52 Å². The van der Waals surface area contributed by atoms with Crippen LogP contribution in [0.25, 0.3) is 11.0 Å². The number of hydrogen-bond donors (Lipinski definition) is 1. The predicted octanol–water partition coefficient (Wildman–Crippen LogP) is 3.74. The maximum Gasteiger partial charge on any atom is 0.186 e. The van der Waals surface area contributed by atoms with Gasteiger partial charge >= 0.3 is 0 Å². The summed E-state index contributed by atoms with van der Waals surface area (Å²) in [6.07, 6.45) is 3.43. The highest BCUT2D eigenvalue weighted by Crippen LogP contribution is 2.38. The van der Waals surface area contributed by atoms with Crippen molar-refractivity contribution in [1.82, 2.24) is 9.97 Å². The van der Waals surface area contributed by atoms with Crippen LogP contribution in [0.2, 0.25) is 0 Å². The lowest BCUT2D eigenvalue weighted by Crippen LogP contribution is -2.03. The maximum absolute atomic E-state index is 13.5. The number of nitrogens with zero attached hydrogens (tertiary/aromatic N) is 1. The topological polar surface area (TPSA) is 28.7 Å². The minimum absolute atomic E-state index is 0.124. The van der Waals surface area contributed by atoms with Gasteiger partial charge < -0.3 is 4.98 Å². The number of H-pyrrole nitrogens is 1. The molecule has 4 heteroatoms. The first-order valence-corrected chi connectivity index (χ1v) is 6.00. The SMILES string of the molecule is CC1CCCC1c1nc2c(F)c(F)ccc2[nH]1. The second-order valence-corrected chi connectivity index (χ2v) is 4.89. The number of nitrogens with one attached hydrogen (secondary N) is 1. The summed E-state index contributed by atoms with van der Waals surface area (Å²) in [6, 6.07) is 2.68. The van der Waals surface area contributed by atoms with Gasteiger partial charge in [-0.2, -0.15) is 0 Å². The third-order valence-corrected chi connectivity index (χ3v) is 3.78. The van der Waals surface area contributed by atoms with Crippen molar-refractivity contribution in [3.05, 3.63) is 29.6 Å². The van der Waals surface area contributed by atoms with E-state index in [0.717, 1.165) is 18.3 Å². The van der Waals surface area contributed by atoms with Crippen LogP contribution in [-0.4, -0.2) is 9.97 Å². The van der Waals surface area contributed by atoms with Crippen LogP contribution in [0.15, 0.2) is 12.1 Å². The van der Waals surface area contributed by atoms with Gasteiger partial charge in [0.25, 0.3) is 0 Å². The van der Waals surface area contributed by atoms with Gasteiger partial charge in [0.1, 0.15) is 11.3 Å². The average Bonchev–Trinajstić information content (AvgIpc) is 2.89. The number of rotatable bonds is 1. The Labute approximate surface area is 98.1 Å². The maximum atomic E-state index is 13.5. The molecule has 3 rings (SSSR count). The Balaban J connectivity index is 2.10. The molecular weight excluding hydrogens is 222 g/mol. The average molecular weight is 236 g/mol. The molecule has 1 fully saturated rings. The fourth-order valence-corrected chi connectivity index (χ4v) is 2.76. The van der Waals surface area contributed by atoms with Crippen molar-refractivity contribution < 1.29 is 8.78 Å². The van der Waals surface area contributed by atoms with Crippen LogP contribution in [0, 0.1) is 17.6 Å². The Kier molecular flexibility index (Phi) is 2.38. The van der Waals surface area contributed by atoms with Crippen LogP contribution < -0.4 is 0 Å². The number of aromatic nitrogens is 2. The van der Waals surface area contributed by atoms with Crippen LogP contribution in [0.3, 0.4) is 0 Å². The van der Waals surface area contributed by atoms with Crippen LogP contribution in [0.5, 0.6) is 0 Å². The van der Waals surface area contributed by atoms with Crippen molar-refractivity contribution in [1.29, 1.82) is 0 Å². The summed E-state index contributed by atoms with van der Waals surface area (Å²) in [7, 11) is 0. The zero-order valence-electron chi connectivity index (χ0n) is 9.63. The first-order chi connectivity index (χ1) is 8.16. The van der Waals surface area contributed by atoms with E-state index in [4.69, 9.17) is 0 Å². The highest BCUT2D eigenvalue weighted by Gasteiger charge is 2.28. The molecule has 1 heterocycles. The summed E-state index contributed by atoms with van der Waals surface area (Å²) in [5.74, 6) is 0.0218. The number of aromatic amines is 1. The largest absolute Gasteiger partial charge is 0.342 e. The molecular formula is C13H14F2N2. The molecule has 2 nitrogen and oxygen atoms in total. The highest BCUT2D eigenvalue weighted by atomic mass is 19.2. The molecule has 1 aromatic heterocycles. The van der Waals surface area contributed by atoms with Gasteiger partial charge in [-0.15, -0.1) is 0 Å². The smallest absolute Gasteiger partial charge is 0.186 e. The van der Waals surface area contributed by atoms with Gasteiger partial charge in [-0.1, -0.05) is 13.3 Å². The minimum Gasteiger partial charge on any atom is -0.342 e. The van der Waals surface area contributed by atoms with Crippen molar-refractivity contribution in [2.45, 2.75) is 32.1 Å². The summed E-state index contributed by atoms with van der Waals surface area (Å²) in [5, 5.41) is 0. The number of hydrogen-bond acceptors (Lipinski definition) is 1. The van der Waals surface area contributed by atoms with E-state index in [1.54, 1.807) is 6.07 Å². The Morgan fingerprint density at radius 3 is 2.82 bits per heavy atom. The monoisotopic (exact) mass is 236 g/mol. The molecule has 2 unspecified atom stereocenters. The molecule has 0 aliphatic heterocycles. The molecule has 0 saturated heterocycles. The van der Waals surface area contributed by atoms with E-state index in [2.05, 4.69) is 16.9 Å². The summed E-state index contributed by atoms with van der Waals surface area (Å²) < 4.78 is 26.6. The van der Waals surface area contributed by atoms with Crippen molar-refractivity contribution in [2.24, 2.45) is 5.92 Å². The van der Waals surface area contributed by atoms with Crippen molar-refractivity contribution in [3.8, 4) is 0 Å². The van der Waals surface area contributed by atoms with Crippen molar-refractivity contribution in [2.75, 3.05) is 0 Å². The van der Waals surface area contributed by atoms with E-state index >= 15 is 0 Å². The normalized spacial score (nSPS) is 24.6. The molecule has 1 N–H and O–H groups in total. The number of fused-ring (bicyclic) bond motifs is 1. The molecule has 1 saturated carbocycles. The van der Waals surface area contributed by atoms with Crippen molar-refractivity contribution >= 4 is 11.0 Å². The van der Waals surface area contributed by atoms with Gasteiger partial charge in [-0.25, -0.2) is 13.8 Å². The third-order valence-electron chi connectivity index (χ3n) is 3.78. The van der Waals surface area contributed by atoms with E-state index in [-0.39, 0.29) is 5.52 Å². The molecule has 2 aromatic rings. The van der Waals surface area contributed by atoms with E-state index in [1.807, 2.05) is 0 Å². The fraction of sp³-hybridized carbons (Fsp3) is 0.462. The molecule has 1 aliphatic rings. The van der Waals surface area contributed by atoms with Crippen LogP contribution >= 0.6 is 0 Å². The molecule has 0 bridgehead atoms. The number of halogens is 2. The molecule has 1 aliphatic carbocycles. The zero-order valence-corrected chi connectivity index (χ0v) is 9.63. The first-order valence-electron chi connectivity index (χ1n) is 6.00. The number of benzene rings is 1. The molecule has 2 atom stereocenters. The van der Waals surface area contributed by atoms with Crippen LogP contribution in [0.1, 0.15) is 37.9 Å². The van der Waals surface area contributed by atoms with Gasteiger partial charge in [0.2, 0.25) is 0 Å². The van der Waals surface area contributed by atoms with E-state index in [9.17, 15) is 8.78 Å². The molecule has 90 valence electrons. The van der Waals surface area contributed by atoms with Gasteiger partial charge in [-0.3, -0.25) is 0 Å². The molecule has 0 amide bonds. The quantitative estimate of drug-likeness (QED) is 0.802. The van der Waals surface area contributed by atoms with E-state index in [0.29, 0.717) is 17.4 Å². The Morgan fingerprint density at radius 2 is 2.12 bits per heavy atom. The molecule has 0 spiro atoms. The number of imidazole rings is 1. The van der Waals surface area contributed by atoms with Crippen molar-refractivity contribution in [3.63, 3.8) is 0 Å². The minimum atomic E-state index is -0.851. The second kappa shape index (κ2) is 3.79. The van der Waals surface area contributed by atoms with Crippen LogP contribution in [-0.2, 0) is 0 Å².